The molecule has 6 heavy (non-hydrogen) atoms. The van der Waals surface area contributed by atoms with E-state index in [0.29, 0.717) is 6.42 Å². The molecule has 0 atom stereocenters. The molecule has 0 rings (SSSR count). The van der Waals surface area contributed by atoms with Crippen molar-refractivity contribution in [3.8, 4) is 6.07 Å². The van der Waals surface area contributed by atoms with Crippen LogP contribution < -0.4 is 0 Å². The van der Waals surface area contributed by atoms with Gasteiger partial charge in [0.15, 0.2) is 0 Å². The second kappa shape index (κ2) is 4.23. The predicted molar refractivity (Wildman–Crippen MR) is 24.7 cm³/mol. The van der Waals surface area contributed by atoms with Crippen LogP contribution in [0.2, 0.25) is 0 Å². The molecule has 0 amide bonds. The van der Waals surface area contributed by atoms with Crippen molar-refractivity contribution in [2.75, 3.05) is 0 Å². The van der Waals surface area contributed by atoms with Crippen LogP contribution in [0, 0.1) is 18.3 Å². The lowest BCUT2D eigenvalue weighted by atomic mass is 10.4. The Balaban J connectivity index is 3.02. The molecule has 0 aliphatic rings. The van der Waals surface area contributed by atoms with E-state index >= 15 is 0 Å². The van der Waals surface area contributed by atoms with Gasteiger partial charge in [-0.15, -0.1) is 0 Å². The molecule has 1 heteroatoms. The molecule has 0 bridgehead atoms. The molecule has 0 spiro atoms. The maximum absolute atomic E-state index is 7.83. The highest BCUT2D eigenvalue weighted by Gasteiger charge is 1.57. The minimum absolute atomic E-state index is 0.702. The summed E-state index contributed by atoms with van der Waals surface area (Å²) in [6.45, 7) is 3.49. The van der Waals surface area contributed by atoms with Crippen molar-refractivity contribution < 1.29 is 0 Å². The third kappa shape index (κ3) is 3.23. The van der Waals surface area contributed by atoms with Crippen molar-refractivity contribution in [1.82, 2.24) is 0 Å². The first-order chi connectivity index (χ1) is 2.91. The zero-order chi connectivity index (χ0) is 4.83. The first-order valence-electron chi connectivity index (χ1n) is 1.75. The van der Waals surface area contributed by atoms with Gasteiger partial charge in [0, 0.05) is 6.08 Å². The molecule has 0 unspecified atom stereocenters. The topological polar surface area (TPSA) is 23.8 Å². The SMILES string of the molecule is [CH2]CC=CC#N. The molecule has 0 aliphatic carbocycles. The fourth-order valence-electron chi connectivity index (χ4n) is 0.136. The van der Waals surface area contributed by atoms with Gasteiger partial charge >= 0.3 is 0 Å². The molecule has 0 saturated carbocycles. The van der Waals surface area contributed by atoms with Gasteiger partial charge in [-0.05, 0) is 13.3 Å². The zero-order valence-corrected chi connectivity index (χ0v) is 3.52. The molecule has 0 aromatic heterocycles. The van der Waals surface area contributed by atoms with Gasteiger partial charge < -0.3 is 0 Å². The Morgan fingerprint density at radius 3 is 2.67 bits per heavy atom. The van der Waals surface area contributed by atoms with Crippen LogP contribution in [-0.4, -0.2) is 0 Å². The van der Waals surface area contributed by atoms with Gasteiger partial charge in [-0.1, -0.05) is 6.08 Å². The molecule has 1 radical (unpaired) electrons. The first-order valence-corrected chi connectivity index (χ1v) is 1.75. The van der Waals surface area contributed by atoms with Crippen LogP contribution in [0.3, 0.4) is 0 Å². The van der Waals surface area contributed by atoms with Crippen molar-refractivity contribution >= 4 is 0 Å². The molecule has 0 fully saturated rings. The molecule has 0 aliphatic heterocycles. The number of nitrogens with zero attached hydrogens (tertiary/aromatic N) is 1. The zero-order valence-electron chi connectivity index (χ0n) is 3.52. The number of hydrogen-bond donors (Lipinski definition) is 0. The molecule has 1 nitrogen and oxygen atoms in total. The van der Waals surface area contributed by atoms with Gasteiger partial charge in [-0.25, -0.2) is 0 Å². The van der Waals surface area contributed by atoms with Crippen molar-refractivity contribution in [3.63, 3.8) is 0 Å². The fourth-order valence-corrected chi connectivity index (χ4v) is 0.136. The predicted octanol–water partition coefficient (Wildman–Crippen LogP) is 1.29. The molecule has 0 heterocycles. The van der Waals surface area contributed by atoms with Gasteiger partial charge in [-0.2, -0.15) is 5.26 Å². The Morgan fingerprint density at radius 2 is 2.50 bits per heavy atom. The van der Waals surface area contributed by atoms with Crippen LogP contribution in [0.4, 0.5) is 0 Å². The lowest BCUT2D eigenvalue weighted by molar-refractivity contribution is 1.40. The monoisotopic (exact) mass is 80.1 g/mol. The Kier molecular flexibility index (Phi) is 3.69. The largest absolute Gasteiger partial charge is 0.193 e. The van der Waals surface area contributed by atoms with E-state index in [4.69, 9.17) is 5.26 Å². The van der Waals surface area contributed by atoms with Gasteiger partial charge in [-0.3, -0.25) is 0 Å². The number of nitriles is 1. The molecular weight excluding hydrogens is 74.1 g/mol. The van der Waals surface area contributed by atoms with E-state index in [1.165, 1.54) is 6.08 Å². The summed E-state index contributed by atoms with van der Waals surface area (Å²) in [6, 6.07) is 1.85. The van der Waals surface area contributed by atoms with Gasteiger partial charge in [0.25, 0.3) is 0 Å². The summed E-state index contributed by atoms with van der Waals surface area (Å²) in [7, 11) is 0. The third-order valence-corrected chi connectivity index (χ3v) is 0.359. The van der Waals surface area contributed by atoms with E-state index in [1.807, 2.05) is 6.07 Å². The highest BCUT2D eigenvalue weighted by Crippen LogP contribution is 1.73. The summed E-state index contributed by atoms with van der Waals surface area (Å²) in [5, 5.41) is 7.83. The summed E-state index contributed by atoms with van der Waals surface area (Å²) >= 11 is 0. The Morgan fingerprint density at radius 1 is 1.83 bits per heavy atom. The summed E-state index contributed by atoms with van der Waals surface area (Å²) in [4.78, 5) is 0. The summed E-state index contributed by atoms with van der Waals surface area (Å²) in [5.41, 5.74) is 0. The summed E-state index contributed by atoms with van der Waals surface area (Å²) in [6.07, 6.45) is 3.83. The minimum Gasteiger partial charge on any atom is -0.193 e. The van der Waals surface area contributed by atoms with Crippen molar-refractivity contribution in [2.24, 2.45) is 0 Å². The standard InChI is InChI=1S/C5H6N/c1-2-3-4-5-6/h3-4H,1-2H2. The third-order valence-electron chi connectivity index (χ3n) is 0.359. The van der Waals surface area contributed by atoms with Crippen LogP contribution >= 0.6 is 0 Å². The number of rotatable bonds is 1. The maximum Gasteiger partial charge on any atom is 0.0908 e. The van der Waals surface area contributed by atoms with E-state index in [1.54, 1.807) is 6.08 Å². The highest BCUT2D eigenvalue weighted by molar-refractivity contribution is 5.01. The van der Waals surface area contributed by atoms with Crippen LogP contribution in [0.25, 0.3) is 0 Å². The number of allylic oxidation sites excluding steroid dienone is 2. The fraction of sp³-hybridized carbons (Fsp3) is 0.200. The Bertz CT molecular complexity index is 76.4. The van der Waals surface area contributed by atoms with Crippen molar-refractivity contribution in [2.45, 2.75) is 6.42 Å². The average molecular weight is 80.1 g/mol. The normalized spacial score (nSPS) is 8.67. The molecule has 0 N–H and O–H groups in total. The number of hydrogen-bond acceptors (Lipinski definition) is 1. The lowest BCUT2D eigenvalue weighted by Crippen LogP contribution is -1.47. The smallest absolute Gasteiger partial charge is 0.0908 e. The van der Waals surface area contributed by atoms with Gasteiger partial charge in [0.2, 0.25) is 0 Å². The van der Waals surface area contributed by atoms with E-state index < -0.39 is 0 Å². The van der Waals surface area contributed by atoms with E-state index in [-0.39, 0.29) is 0 Å². The molecule has 0 aromatic carbocycles. The van der Waals surface area contributed by atoms with Crippen LogP contribution in [0.1, 0.15) is 6.42 Å². The Labute approximate surface area is 37.9 Å². The van der Waals surface area contributed by atoms with Crippen LogP contribution in [-0.2, 0) is 0 Å². The Hall–Kier alpha value is -0.770. The van der Waals surface area contributed by atoms with Crippen molar-refractivity contribution in [1.29, 1.82) is 5.26 Å². The lowest BCUT2D eigenvalue weighted by Gasteiger charge is -1.63. The second-order valence-electron chi connectivity index (χ2n) is 0.820. The molecule has 0 saturated heterocycles. The quantitative estimate of drug-likeness (QED) is 0.435. The average Bonchev–Trinajstić information content (AvgIpc) is 1.61. The van der Waals surface area contributed by atoms with Crippen LogP contribution in [0.15, 0.2) is 12.2 Å². The maximum atomic E-state index is 7.83. The van der Waals surface area contributed by atoms with Gasteiger partial charge in [0.1, 0.15) is 0 Å². The minimum atomic E-state index is 0.702. The first kappa shape index (κ1) is 5.23. The second-order valence-corrected chi connectivity index (χ2v) is 0.820. The van der Waals surface area contributed by atoms with Gasteiger partial charge in [0.05, 0.1) is 6.07 Å². The molecule has 0 aromatic rings. The summed E-state index contributed by atoms with van der Waals surface area (Å²) in [5.74, 6) is 0. The highest BCUT2D eigenvalue weighted by atomic mass is 14.2. The van der Waals surface area contributed by atoms with E-state index in [0.717, 1.165) is 0 Å². The molecular formula is C5H6N. The van der Waals surface area contributed by atoms with E-state index in [2.05, 4.69) is 6.92 Å². The molecule has 31 valence electrons. The van der Waals surface area contributed by atoms with Crippen LogP contribution in [0.5, 0.6) is 0 Å². The van der Waals surface area contributed by atoms with E-state index in [9.17, 15) is 0 Å². The van der Waals surface area contributed by atoms with Crippen molar-refractivity contribution in [3.05, 3.63) is 19.1 Å². The summed E-state index contributed by atoms with van der Waals surface area (Å²) < 4.78 is 0.